The molecule has 0 aliphatic carbocycles. The van der Waals surface area contributed by atoms with E-state index >= 15 is 0 Å². The van der Waals surface area contributed by atoms with Crippen LogP contribution in [0, 0.1) is 5.92 Å². The van der Waals surface area contributed by atoms with Crippen LogP contribution in [0.2, 0.25) is 0 Å². The predicted octanol–water partition coefficient (Wildman–Crippen LogP) is 0.334. The van der Waals surface area contributed by atoms with Crippen LogP contribution in [-0.2, 0) is 11.2 Å². The number of rotatable bonds is 3. The minimum absolute atomic E-state index is 0.0267. The Morgan fingerprint density at radius 3 is 3.08 bits per heavy atom. The van der Waals surface area contributed by atoms with Gasteiger partial charge in [-0.25, -0.2) is 4.98 Å². The normalized spacial score (nSPS) is 12.5. The Morgan fingerprint density at radius 2 is 2.58 bits per heavy atom. The first-order valence-corrected chi connectivity index (χ1v) is 3.94. The standard InChI is InChI=1S/C8H13N3O/c1-6(8(12)9-2)5-7-10-3-4-11-7/h3-4,6H,5H2,1-2H3,(H,9,12)(H,10,11). The largest absolute Gasteiger partial charge is 0.359 e. The number of imidazole rings is 1. The second kappa shape index (κ2) is 3.90. The van der Waals surface area contributed by atoms with E-state index in [4.69, 9.17) is 0 Å². The highest BCUT2D eigenvalue weighted by Crippen LogP contribution is 2.02. The Balaban J connectivity index is 2.47. The Hall–Kier alpha value is -1.32. The molecule has 66 valence electrons. The number of carbonyl (C=O) groups is 1. The van der Waals surface area contributed by atoms with Crippen LogP contribution >= 0.6 is 0 Å². The highest BCUT2D eigenvalue weighted by Gasteiger charge is 2.12. The van der Waals surface area contributed by atoms with Crippen molar-refractivity contribution in [2.75, 3.05) is 7.05 Å². The fourth-order valence-corrected chi connectivity index (χ4v) is 1.04. The number of amides is 1. The molecule has 0 aromatic carbocycles. The van der Waals surface area contributed by atoms with Crippen molar-refractivity contribution in [2.24, 2.45) is 5.92 Å². The smallest absolute Gasteiger partial charge is 0.223 e. The first kappa shape index (κ1) is 8.77. The van der Waals surface area contributed by atoms with Crippen LogP contribution in [0.15, 0.2) is 12.4 Å². The quantitative estimate of drug-likeness (QED) is 0.681. The third-order valence-corrected chi connectivity index (χ3v) is 1.75. The van der Waals surface area contributed by atoms with Gasteiger partial charge in [-0.05, 0) is 0 Å². The molecule has 4 heteroatoms. The number of hydrogen-bond donors (Lipinski definition) is 2. The monoisotopic (exact) mass is 167 g/mol. The highest BCUT2D eigenvalue weighted by molar-refractivity contribution is 5.78. The van der Waals surface area contributed by atoms with Crippen molar-refractivity contribution in [1.82, 2.24) is 15.3 Å². The molecule has 0 fully saturated rings. The summed E-state index contributed by atoms with van der Waals surface area (Å²) in [7, 11) is 1.64. The van der Waals surface area contributed by atoms with E-state index in [-0.39, 0.29) is 11.8 Å². The van der Waals surface area contributed by atoms with E-state index in [0.29, 0.717) is 6.42 Å². The summed E-state index contributed by atoms with van der Waals surface area (Å²) in [6, 6.07) is 0. The Labute approximate surface area is 71.4 Å². The van der Waals surface area contributed by atoms with E-state index in [1.165, 1.54) is 0 Å². The summed E-state index contributed by atoms with van der Waals surface area (Å²) in [6.07, 6.45) is 4.10. The number of H-pyrrole nitrogens is 1. The van der Waals surface area contributed by atoms with Gasteiger partial charge in [0.15, 0.2) is 0 Å². The van der Waals surface area contributed by atoms with Crippen LogP contribution < -0.4 is 5.32 Å². The minimum atomic E-state index is -0.0267. The number of hydrogen-bond acceptors (Lipinski definition) is 2. The first-order valence-electron chi connectivity index (χ1n) is 3.94. The van der Waals surface area contributed by atoms with Crippen molar-refractivity contribution < 1.29 is 4.79 Å². The number of carbonyl (C=O) groups excluding carboxylic acids is 1. The zero-order chi connectivity index (χ0) is 8.97. The maximum absolute atomic E-state index is 11.1. The van der Waals surface area contributed by atoms with Gasteiger partial charge in [-0.1, -0.05) is 6.92 Å². The topological polar surface area (TPSA) is 57.8 Å². The maximum Gasteiger partial charge on any atom is 0.223 e. The van der Waals surface area contributed by atoms with E-state index in [0.717, 1.165) is 5.82 Å². The molecule has 1 atom stereocenters. The Kier molecular flexibility index (Phi) is 2.85. The molecule has 0 bridgehead atoms. The van der Waals surface area contributed by atoms with Gasteiger partial charge in [0.1, 0.15) is 5.82 Å². The van der Waals surface area contributed by atoms with E-state index in [1.807, 2.05) is 6.92 Å². The van der Waals surface area contributed by atoms with Crippen molar-refractivity contribution in [3.8, 4) is 0 Å². The van der Waals surface area contributed by atoms with Gasteiger partial charge in [-0.3, -0.25) is 4.79 Å². The van der Waals surface area contributed by atoms with Crippen molar-refractivity contribution in [3.05, 3.63) is 18.2 Å². The summed E-state index contributed by atoms with van der Waals surface area (Å²) in [6.45, 7) is 1.88. The number of aromatic amines is 1. The van der Waals surface area contributed by atoms with Crippen molar-refractivity contribution >= 4 is 5.91 Å². The van der Waals surface area contributed by atoms with E-state index < -0.39 is 0 Å². The molecule has 0 aliphatic heterocycles. The van der Waals surface area contributed by atoms with Crippen molar-refractivity contribution in [1.29, 1.82) is 0 Å². The van der Waals surface area contributed by atoms with Gasteiger partial charge >= 0.3 is 0 Å². The van der Waals surface area contributed by atoms with E-state index in [9.17, 15) is 4.79 Å². The minimum Gasteiger partial charge on any atom is -0.359 e. The fourth-order valence-electron chi connectivity index (χ4n) is 1.04. The summed E-state index contributed by atoms with van der Waals surface area (Å²) >= 11 is 0. The lowest BCUT2D eigenvalue weighted by Crippen LogP contribution is -2.26. The summed E-state index contributed by atoms with van der Waals surface area (Å²) < 4.78 is 0. The molecule has 12 heavy (non-hydrogen) atoms. The average molecular weight is 167 g/mol. The fraction of sp³-hybridized carbons (Fsp3) is 0.500. The molecule has 0 radical (unpaired) electrons. The summed E-state index contributed by atoms with van der Waals surface area (Å²) in [5.41, 5.74) is 0. The van der Waals surface area contributed by atoms with Crippen LogP contribution in [0.1, 0.15) is 12.7 Å². The van der Waals surface area contributed by atoms with Gasteiger partial charge in [0, 0.05) is 31.8 Å². The lowest BCUT2D eigenvalue weighted by atomic mass is 10.1. The zero-order valence-electron chi connectivity index (χ0n) is 7.29. The SMILES string of the molecule is CNC(=O)C(C)Cc1ncc[nH]1. The summed E-state index contributed by atoms with van der Waals surface area (Å²) in [5, 5.41) is 2.60. The molecular weight excluding hydrogens is 154 g/mol. The second-order valence-corrected chi connectivity index (χ2v) is 2.76. The van der Waals surface area contributed by atoms with Gasteiger partial charge in [0.2, 0.25) is 5.91 Å². The molecule has 1 aromatic rings. The Bertz CT molecular complexity index is 243. The van der Waals surface area contributed by atoms with Crippen molar-refractivity contribution in [3.63, 3.8) is 0 Å². The zero-order valence-corrected chi connectivity index (χ0v) is 7.29. The van der Waals surface area contributed by atoms with E-state index in [1.54, 1.807) is 19.4 Å². The van der Waals surface area contributed by atoms with Crippen LogP contribution in [0.25, 0.3) is 0 Å². The molecule has 1 unspecified atom stereocenters. The highest BCUT2D eigenvalue weighted by atomic mass is 16.1. The van der Waals surface area contributed by atoms with Gasteiger partial charge in [-0.15, -0.1) is 0 Å². The van der Waals surface area contributed by atoms with Gasteiger partial charge in [-0.2, -0.15) is 0 Å². The average Bonchev–Trinajstić information content (AvgIpc) is 2.55. The maximum atomic E-state index is 11.1. The van der Waals surface area contributed by atoms with Crippen LogP contribution in [0.3, 0.4) is 0 Å². The van der Waals surface area contributed by atoms with Gasteiger partial charge in [0.25, 0.3) is 0 Å². The first-order chi connectivity index (χ1) is 5.74. The molecule has 0 saturated heterocycles. The third kappa shape index (κ3) is 2.08. The van der Waals surface area contributed by atoms with Gasteiger partial charge < -0.3 is 10.3 Å². The van der Waals surface area contributed by atoms with Crippen LogP contribution in [0.4, 0.5) is 0 Å². The molecule has 1 aromatic heterocycles. The molecule has 4 nitrogen and oxygen atoms in total. The molecule has 1 amide bonds. The molecule has 0 aliphatic rings. The molecule has 1 rings (SSSR count). The number of nitrogens with one attached hydrogen (secondary N) is 2. The predicted molar refractivity (Wildman–Crippen MR) is 45.5 cm³/mol. The molecule has 0 spiro atoms. The van der Waals surface area contributed by atoms with Crippen molar-refractivity contribution in [2.45, 2.75) is 13.3 Å². The van der Waals surface area contributed by atoms with Crippen LogP contribution in [0.5, 0.6) is 0 Å². The van der Waals surface area contributed by atoms with Crippen LogP contribution in [-0.4, -0.2) is 22.9 Å². The third-order valence-electron chi connectivity index (χ3n) is 1.75. The molecule has 2 N–H and O–H groups in total. The lowest BCUT2D eigenvalue weighted by Gasteiger charge is -2.06. The summed E-state index contributed by atoms with van der Waals surface area (Å²) in [4.78, 5) is 18.1. The van der Waals surface area contributed by atoms with E-state index in [2.05, 4.69) is 15.3 Å². The number of nitrogens with zero attached hydrogens (tertiary/aromatic N) is 1. The molecular formula is C8H13N3O. The second-order valence-electron chi connectivity index (χ2n) is 2.76. The van der Waals surface area contributed by atoms with Gasteiger partial charge in [0.05, 0.1) is 0 Å². The molecule has 1 heterocycles. The summed E-state index contributed by atoms with van der Waals surface area (Å²) in [5.74, 6) is 0.874. The number of aromatic nitrogens is 2. The molecule has 0 saturated carbocycles. The Morgan fingerprint density at radius 1 is 1.83 bits per heavy atom. The lowest BCUT2D eigenvalue weighted by molar-refractivity contribution is -0.124.